The first kappa shape index (κ1) is 15.3. The average Bonchev–Trinajstić information content (AvgIpc) is 2.90. The fourth-order valence-electron chi connectivity index (χ4n) is 3.14. The molecule has 0 aliphatic heterocycles. The Labute approximate surface area is 136 Å². The minimum Gasteiger partial charge on any atom is -0.491 e. The molecule has 3 rings (SSSR count). The van der Waals surface area contributed by atoms with E-state index in [4.69, 9.17) is 17.0 Å². The lowest BCUT2D eigenvalue weighted by Gasteiger charge is -2.24. The van der Waals surface area contributed by atoms with Crippen LogP contribution < -0.4 is 4.74 Å². The summed E-state index contributed by atoms with van der Waals surface area (Å²) in [5, 5.41) is 7.42. The van der Waals surface area contributed by atoms with Crippen molar-refractivity contribution in [3.8, 4) is 17.1 Å². The van der Waals surface area contributed by atoms with E-state index in [1.54, 1.807) is 0 Å². The lowest BCUT2D eigenvalue weighted by molar-refractivity contribution is 0.242. The van der Waals surface area contributed by atoms with Crippen molar-refractivity contribution in [1.29, 1.82) is 0 Å². The van der Waals surface area contributed by atoms with Gasteiger partial charge < -0.3 is 4.74 Å². The molecule has 1 aromatic heterocycles. The third-order valence-electron chi connectivity index (χ3n) is 4.13. The Morgan fingerprint density at radius 2 is 1.86 bits per heavy atom. The molecule has 118 valence electrons. The fourth-order valence-corrected chi connectivity index (χ4v) is 3.42. The van der Waals surface area contributed by atoms with Crippen LogP contribution in [0.5, 0.6) is 5.75 Å². The number of aromatic nitrogens is 3. The van der Waals surface area contributed by atoms with E-state index in [9.17, 15) is 0 Å². The number of aromatic amines is 1. The van der Waals surface area contributed by atoms with Crippen molar-refractivity contribution >= 4 is 12.2 Å². The predicted octanol–water partition coefficient (Wildman–Crippen LogP) is 4.90. The topological polar surface area (TPSA) is 42.8 Å². The number of H-pyrrole nitrogens is 1. The van der Waals surface area contributed by atoms with Crippen LogP contribution in [0, 0.1) is 4.77 Å². The molecule has 1 aliphatic rings. The van der Waals surface area contributed by atoms with Crippen molar-refractivity contribution in [3.63, 3.8) is 0 Å². The monoisotopic (exact) mass is 317 g/mol. The normalized spacial score (nSPS) is 16.1. The molecule has 0 atom stereocenters. The standard InChI is InChI=1S/C17H23N3OS/c1-12(2)21-15-10-8-13(9-11-15)16-18-19-17(22)20(16)14-6-4-3-5-7-14/h8-12,14H,3-7H2,1-2H3,(H,19,22). The van der Waals surface area contributed by atoms with Crippen LogP contribution in [0.25, 0.3) is 11.4 Å². The number of benzene rings is 1. The summed E-state index contributed by atoms with van der Waals surface area (Å²) in [5.74, 6) is 1.82. The first-order chi connectivity index (χ1) is 10.6. The van der Waals surface area contributed by atoms with Gasteiger partial charge in [-0.1, -0.05) is 19.3 Å². The SMILES string of the molecule is CC(C)Oc1ccc(-c2n[nH]c(=S)n2C2CCCCC2)cc1. The van der Waals surface area contributed by atoms with Crippen LogP contribution in [-0.2, 0) is 0 Å². The minimum absolute atomic E-state index is 0.183. The average molecular weight is 317 g/mol. The molecule has 1 aromatic carbocycles. The molecular weight excluding hydrogens is 294 g/mol. The van der Waals surface area contributed by atoms with E-state index < -0.39 is 0 Å². The maximum absolute atomic E-state index is 5.70. The molecule has 22 heavy (non-hydrogen) atoms. The summed E-state index contributed by atoms with van der Waals surface area (Å²) < 4.78 is 8.63. The van der Waals surface area contributed by atoms with Gasteiger partial charge in [0.15, 0.2) is 10.6 Å². The van der Waals surface area contributed by atoms with Gasteiger partial charge in [-0.15, -0.1) is 0 Å². The van der Waals surface area contributed by atoms with Gasteiger partial charge in [-0.2, -0.15) is 5.10 Å². The summed E-state index contributed by atoms with van der Waals surface area (Å²) in [7, 11) is 0. The Hall–Kier alpha value is -1.62. The Bertz CT molecular complexity index is 666. The molecule has 0 saturated heterocycles. The van der Waals surface area contributed by atoms with Crippen molar-refractivity contribution in [2.24, 2.45) is 0 Å². The fraction of sp³-hybridized carbons (Fsp3) is 0.529. The van der Waals surface area contributed by atoms with E-state index in [0.717, 1.165) is 21.9 Å². The third kappa shape index (κ3) is 3.24. The summed E-state index contributed by atoms with van der Waals surface area (Å²) in [6.45, 7) is 4.06. The molecule has 1 fully saturated rings. The molecule has 0 bridgehead atoms. The molecule has 2 aromatic rings. The van der Waals surface area contributed by atoms with Gasteiger partial charge in [0, 0.05) is 11.6 Å². The van der Waals surface area contributed by atoms with Crippen LogP contribution in [0.4, 0.5) is 0 Å². The number of nitrogens with zero attached hydrogens (tertiary/aromatic N) is 2. The van der Waals surface area contributed by atoms with Crippen LogP contribution in [0.15, 0.2) is 24.3 Å². The molecule has 0 radical (unpaired) electrons. The van der Waals surface area contributed by atoms with Crippen molar-refractivity contribution < 1.29 is 4.74 Å². The molecule has 0 amide bonds. The molecule has 1 saturated carbocycles. The summed E-state index contributed by atoms with van der Waals surface area (Å²) >= 11 is 5.46. The number of rotatable bonds is 4. The van der Waals surface area contributed by atoms with Crippen LogP contribution in [-0.4, -0.2) is 20.9 Å². The molecule has 1 N–H and O–H groups in total. The molecule has 5 heteroatoms. The number of hydrogen-bond donors (Lipinski definition) is 1. The first-order valence-corrected chi connectivity index (χ1v) is 8.50. The second-order valence-electron chi connectivity index (χ2n) is 6.21. The first-order valence-electron chi connectivity index (χ1n) is 8.09. The van der Waals surface area contributed by atoms with Gasteiger partial charge in [0.1, 0.15) is 5.75 Å². The second-order valence-corrected chi connectivity index (χ2v) is 6.59. The van der Waals surface area contributed by atoms with Gasteiger partial charge in [-0.25, -0.2) is 0 Å². The summed E-state index contributed by atoms with van der Waals surface area (Å²) in [6, 6.07) is 8.59. The zero-order chi connectivity index (χ0) is 15.5. The van der Waals surface area contributed by atoms with Crippen molar-refractivity contribution in [2.75, 3.05) is 0 Å². The molecule has 1 aliphatic carbocycles. The molecule has 4 nitrogen and oxygen atoms in total. The van der Waals surface area contributed by atoms with Crippen LogP contribution in [0.2, 0.25) is 0 Å². The highest BCUT2D eigenvalue weighted by atomic mass is 32.1. The number of ether oxygens (including phenoxy) is 1. The van der Waals surface area contributed by atoms with Gasteiger partial charge in [0.25, 0.3) is 0 Å². The number of nitrogens with one attached hydrogen (secondary N) is 1. The van der Waals surface area contributed by atoms with Crippen molar-refractivity contribution in [2.45, 2.75) is 58.1 Å². The Morgan fingerprint density at radius 3 is 2.50 bits per heavy atom. The van der Waals surface area contributed by atoms with Gasteiger partial charge >= 0.3 is 0 Å². The Kier molecular flexibility index (Phi) is 4.62. The van der Waals surface area contributed by atoms with E-state index in [0.29, 0.717) is 6.04 Å². The Balaban J connectivity index is 1.90. The quantitative estimate of drug-likeness (QED) is 0.816. The van der Waals surface area contributed by atoms with E-state index in [-0.39, 0.29) is 6.10 Å². The third-order valence-corrected chi connectivity index (χ3v) is 4.42. The summed E-state index contributed by atoms with van der Waals surface area (Å²) in [4.78, 5) is 0. The summed E-state index contributed by atoms with van der Waals surface area (Å²) in [6.07, 6.45) is 6.45. The van der Waals surface area contributed by atoms with E-state index in [1.807, 2.05) is 26.0 Å². The summed E-state index contributed by atoms with van der Waals surface area (Å²) in [5.41, 5.74) is 1.08. The predicted molar refractivity (Wildman–Crippen MR) is 90.7 cm³/mol. The second kappa shape index (κ2) is 6.65. The van der Waals surface area contributed by atoms with Gasteiger partial charge in [-0.05, 0) is 63.2 Å². The molecule has 0 spiro atoms. The largest absolute Gasteiger partial charge is 0.491 e. The lowest BCUT2D eigenvalue weighted by atomic mass is 9.95. The van der Waals surface area contributed by atoms with Crippen LogP contribution >= 0.6 is 12.2 Å². The highest BCUT2D eigenvalue weighted by Crippen LogP contribution is 2.32. The van der Waals surface area contributed by atoms with E-state index in [2.05, 4.69) is 26.9 Å². The highest BCUT2D eigenvalue weighted by Gasteiger charge is 2.20. The maximum Gasteiger partial charge on any atom is 0.195 e. The van der Waals surface area contributed by atoms with Crippen LogP contribution in [0.3, 0.4) is 0 Å². The van der Waals surface area contributed by atoms with Gasteiger partial charge in [-0.3, -0.25) is 9.67 Å². The van der Waals surface area contributed by atoms with Crippen molar-refractivity contribution in [1.82, 2.24) is 14.8 Å². The number of hydrogen-bond acceptors (Lipinski definition) is 3. The smallest absolute Gasteiger partial charge is 0.195 e. The lowest BCUT2D eigenvalue weighted by Crippen LogP contribution is -2.14. The molecule has 0 unspecified atom stereocenters. The van der Waals surface area contributed by atoms with Crippen LogP contribution in [0.1, 0.15) is 52.0 Å². The Morgan fingerprint density at radius 1 is 1.18 bits per heavy atom. The van der Waals surface area contributed by atoms with E-state index in [1.165, 1.54) is 32.1 Å². The minimum atomic E-state index is 0.183. The van der Waals surface area contributed by atoms with Gasteiger partial charge in [0.05, 0.1) is 6.10 Å². The molecular formula is C17H23N3OS. The highest BCUT2D eigenvalue weighted by molar-refractivity contribution is 7.71. The molecule has 1 heterocycles. The van der Waals surface area contributed by atoms with Gasteiger partial charge in [0.2, 0.25) is 0 Å². The maximum atomic E-state index is 5.70. The zero-order valence-corrected chi connectivity index (χ0v) is 14.0. The zero-order valence-electron chi connectivity index (χ0n) is 13.2. The van der Waals surface area contributed by atoms with E-state index >= 15 is 0 Å². The van der Waals surface area contributed by atoms with Crippen molar-refractivity contribution in [3.05, 3.63) is 29.0 Å².